The number of piperidine rings is 1. The Hall–Kier alpha value is -1.35. The third kappa shape index (κ3) is 2.56. The maximum absolute atomic E-state index is 13.2. The summed E-state index contributed by atoms with van der Waals surface area (Å²) in [7, 11) is 0. The Labute approximate surface area is 133 Å². The number of aryl methyl sites for hydroxylation is 1. The number of fused-ring (bicyclic) bond motifs is 1. The summed E-state index contributed by atoms with van der Waals surface area (Å²) < 4.78 is 0. The number of hydrogen-bond donors (Lipinski definition) is 1. The van der Waals surface area contributed by atoms with Crippen LogP contribution in [0.3, 0.4) is 0 Å². The largest absolute Gasteiger partial charge is 0.332 e. The van der Waals surface area contributed by atoms with E-state index in [0.717, 1.165) is 32.2 Å². The summed E-state index contributed by atoms with van der Waals surface area (Å²) in [6.45, 7) is 3.18. The molecule has 1 N–H and O–H groups in total. The Morgan fingerprint density at radius 1 is 1.18 bits per heavy atom. The fourth-order valence-corrected chi connectivity index (χ4v) is 4.33. The molecule has 118 valence electrons. The molecule has 3 aliphatic rings. The molecule has 1 unspecified atom stereocenters. The minimum Gasteiger partial charge on any atom is -0.332 e. The maximum atomic E-state index is 13.2. The minimum absolute atomic E-state index is 0.226. The second-order valence-corrected chi connectivity index (χ2v) is 7.31. The van der Waals surface area contributed by atoms with Crippen LogP contribution in [0.2, 0.25) is 0 Å². The summed E-state index contributed by atoms with van der Waals surface area (Å²) in [5, 5.41) is 3.47. The average molecular weight is 298 g/mol. The van der Waals surface area contributed by atoms with Gasteiger partial charge < -0.3 is 10.2 Å². The number of carbonyl (C=O) groups is 1. The van der Waals surface area contributed by atoms with Gasteiger partial charge >= 0.3 is 0 Å². The van der Waals surface area contributed by atoms with Crippen molar-refractivity contribution in [2.24, 2.45) is 5.92 Å². The first-order valence-corrected chi connectivity index (χ1v) is 8.87. The molecule has 4 rings (SSSR count). The summed E-state index contributed by atoms with van der Waals surface area (Å²) in [6.07, 6.45) is 6.63. The molecule has 0 bridgehead atoms. The van der Waals surface area contributed by atoms with Gasteiger partial charge in [0.1, 0.15) is 0 Å². The number of nitrogens with one attached hydrogen (secondary N) is 1. The van der Waals surface area contributed by atoms with Crippen molar-refractivity contribution in [2.45, 2.75) is 63.6 Å². The van der Waals surface area contributed by atoms with E-state index < -0.39 is 0 Å². The van der Waals surface area contributed by atoms with Crippen LogP contribution >= 0.6 is 0 Å². The molecule has 3 nitrogen and oxygen atoms in total. The second-order valence-electron chi connectivity index (χ2n) is 7.31. The Morgan fingerprint density at radius 3 is 2.77 bits per heavy atom. The molecule has 1 amide bonds. The molecule has 1 aliphatic heterocycles. The third-order valence-corrected chi connectivity index (χ3v) is 5.60. The normalized spacial score (nSPS) is 30.9. The smallest absolute Gasteiger partial charge is 0.226 e. The summed E-state index contributed by atoms with van der Waals surface area (Å²) in [5.74, 6) is 0.655. The minimum atomic E-state index is 0.226. The molecule has 1 aromatic rings. The monoisotopic (exact) mass is 298 g/mol. The molecule has 22 heavy (non-hydrogen) atoms. The van der Waals surface area contributed by atoms with E-state index in [1.54, 1.807) is 0 Å². The zero-order valence-corrected chi connectivity index (χ0v) is 13.4. The van der Waals surface area contributed by atoms with E-state index >= 15 is 0 Å². The van der Waals surface area contributed by atoms with E-state index in [1.165, 1.54) is 24.0 Å². The van der Waals surface area contributed by atoms with E-state index in [9.17, 15) is 4.79 Å². The van der Waals surface area contributed by atoms with Crippen LogP contribution in [-0.4, -0.2) is 29.4 Å². The maximum Gasteiger partial charge on any atom is 0.226 e. The summed E-state index contributed by atoms with van der Waals surface area (Å²) >= 11 is 0. The van der Waals surface area contributed by atoms with E-state index in [2.05, 4.69) is 41.4 Å². The number of carbonyl (C=O) groups excluding carboxylic acids is 1. The van der Waals surface area contributed by atoms with Crippen molar-refractivity contribution in [3.8, 4) is 0 Å². The highest BCUT2D eigenvalue weighted by atomic mass is 16.2. The first kappa shape index (κ1) is 14.3. The van der Waals surface area contributed by atoms with Crippen molar-refractivity contribution in [3.63, 3.8) is 0 Å². The Morgan fingerprint density at radius 2 is 2.00 bits per heavy atom. The lowest BCUT2D eigenvalue weighted by molar-refractivity contribution is -0.140. The molecule has 0 aromatic heterocycles. The van der Waals surface area contributed by atoms with Gasteiger partial charge in [-0.25, -0.2) is 0 Å². The van der Waals surface area contributed by atoms with Crippen molar-refractivity contribution in [2.75, 3.05) is 6.54 Å². The number of benzene rings is 1. The SMILES string of the molecule is C[C@H]1C[C@@H](C(=O)N(C2CC2)C2CCc3ccccc32)CCN1. The topological polar surface area (TPSA) is 32.3 Å². The molecule has 2 fully saturated rings. The zero-order valence-electron chi connectivity index (χ0n) is 13.4. The molecule has 3 heteroatoms. The van der Waals surface area contributed by atoms with Crippen LogP contribution in [0.15, 0.2) is 24.3 Å². The quantitative estimate of drug-likeness (QED) is 0.930. The van der Waals surface area contributed by atoms with Gasteiger partial charge in [0.2, 0.25) is 5.91 Å². The Kier molecular flexibility index (Phi) is 3.69. The van der Waals surface area contributed by atoms with E-state index in [0.29, 0.717) is 24.0 Å². The van der Waals surface area contributed by atoms with E-state index in [4.69, 9.17) is 0 Å². The van der Waals surface area contributed by atoms with Crippen LogP contribution in [0.25, 0.3) is 0 Å². The predicted molar refractivity (Wildman–Crippen MR) is 87.6 cm³/mol. The molecular weight excluding hydrogens is 272 g/mol. The van der Waals surface area contributed by atoms with Gasteiger partial charge in [-0.2, -0.15) is 0 Å². The fraction of sp³-hybridized carbons (Fsp3) is 0.632. The predicted octanol–water partition coefficient (Wildman–Crippen LogP) is 3.05. The molecule has 0 spiro atoms. The van der Waals surface area contributed by atoms with Gasteiger partial charge in [-0.05, 0) is 63.1 Å². The van der Waals surface area contributed by atoms with Crippen LogP contribution in [-0.2, 0) is 11.2 Å². The fourth-order valence-electron chi connectivity index (χ4n) is 4.33. The van der Waals surface area contributed by atoms with Gasteiger partial charge in [-0.15, -0.1) is 0 Å². The van der Waals surface area contributed by atoms with Crippen molar-refractivity contribution in [1.82, 2.24) is 10.2 Å². The third-order valence-electron chi connectivity index (χ3n) is 5.60. The van der Waals surface area contributed by atoms with E-state index in [-0.39, 0.29) is 5.92 Å². The van der Waals surface area contributed by atoms with Crippen LogP contribution in [0, 0.1) is 5.92 Å². The van der Waals surface area contributed by atoms with Crippen LogP contribution in [0.4, 0.5) is 0 Å². The van der Waals surface area contributed by atoms with Gasteiger partial charge in [-0.1, -0.05) is 24.3 Å². The highest BCUT2D eigenvalue weighted by Gasteiger charge is 2.42. The number of hydrogen-bond acceptors (Lipinski definition) is 2. The lowest BCUT2D eigenvalue weighted by atomic mass is 9.91. The van der Waals surface area contributed by atoms with Crippen molar-refractivity contribution in [3.05, 3.63) is 35.4 Å². The van der Waals surface area contributed by atoms with Crippen molar-refractivity contribution in [1.29, 1.82) is 0 Å². The highest BCUT2D eigenvalue weighted by molar-refractivity contribution is 5.80. The van der Waals surface area contributed by atoms with Gasteiger partial charge in [0, 0.05) is 18.0 Å². The molecular formula is C19H26N2O. The summed E-state index contributed by atoms with van der Waals surface area (Å²) in [4.78, 5) is 15.5. The molecule has 1 saturated heterocycles. The van der Waals surface area contributed by atoms with E-state index in [1.807, 2.05) is 0 Å². The summed E-state index contributed by atoms with van der Waals surface area (Å²) in [5.41, 5.74) is 2.86. The lowest BCUT2D eigenvalue weighted by Gasteiger charge is -2.36. The zero-order chi connectivity index (χ0) is 15.1. The van der Waals surface area contributed by atoms with Crippen molar-refractivity contribution >= 4 is 5.91 Å². The lowest BCUT2D eigenvalue weighted by Crippen LogP contribution is -2.45. The molecule has 1 heterocycles. The van der Waals surface area contributed by atoms with Crippen molar-refractivity contribution < 1.29 is 4.79 Å². The number of nitrogens with zero attached hydrogens (tertiary/aromatic N) is 1. The Bertz CT molecular complexity index is 566. The first-order valence-electron chi connectivity index (χ1n) is 8.87. The second kappa shape index (κ2) is 5.69. The van der Waals surface area contributed by atoms with Crippen LogP contribution in [0.5, 0.6) is 0 Å². The average Bonchev–Trinajstić information content (AvgIpc) is 3.28. The number of rotatable bonds is 3. The molecule has 3 atom stereocenters. The molecule has 0 radical (unpaired) electrons. The molecule has 2 aliphatic carbocycles. The highest BCUT2D eigenvalue weighted by Crippen LogP contribution is 2.43. The van der Waals surface area contributed by atoms with Crippen LogP contribution < -0.4 is 5.32 Å². The number of amides is 1. The van der Waals surface area contributed by atoms with Gasteiger partial charge in [0.05, 0.1) is 6.04 Å². The first-order chi connectivity index (χ1) is 10.7. The molecule has 1 saturated carbocycles. The van der Waals surface area contributed by atoms with Crippen LogP contribution in [0.1, 0.15) is 56.2 Å². The standard InChI is InChI=1S/C19H26N2O/c1-13-12-15(10-11-20-13)19(22)21(16-7-8-16)18-9-6-14-4-2-3-5-17(14)18/h2-5,13,15-16,18,20H,6-12H2,1H3/t13-,15-,18?/m0/s1. The van der Waals surface area contributed by atoms with Gasteiger partial charge in [0.15, 0.2) is 0 Å². The Balaban J connectivity index is 1.58. The summed E-state index contributed by atoms with van der Waals surface area (Å²) in [6, 6.07) is 10.0. The van der Waals surface area contributed by atoms with Gasteiger partial charge in [0.25, 0.3) is 0 Å². The van der Waals surface area contributed by atoms with Gasteiger partial charge in [-0.3, -0.25) is 4.79 Å². The molecule has 1 aromatic carbocycles.